The number of halogens is 1. The van der Waals surface area contributed by atoms with Gasteiger partial charge in [-0.05, 0) is 35.7 Å². The van der Waals surface area contributed by atoms with E-state index < -0.39 is 0 Å². The number of nitrogens with one attached hydrogen (secondary N) is 1. The molecule has 1 aromatic heterocycles. The predicted molar refractivity (Wildman–Crippen MR) is 83.1 cm³/mol. The van der Waals surface area contributed by atoms with Crippen LogP contribution in [-0.2, 0) is 6.54 Å². The van der Waals surface area contributed by atoms with Crippen LogP contribution in [0, 0.1) is 6.92 Å². The summed E-state index contributed by atoms with van der Waals surface area (Å²) < 4.78 is 0. The molecule has 3 aromatic rings. The number of nitrogens with zero attached hydrogens (tertiary/aromatic N) is 2. The Morgan fingerprint density at radius 1 is 1.00 bits per heavy atom. The fourth-order valence-corrected chi connectivity index (χ4v) is 2.35. The molecular formula is C16H14ClN3. The molecule has 1 N–H and O–H groups in total. The summed E-state index contributed by atoms with van der Waals surface area (Å²) in [7, 11) is 0. The van der Waals surface area contributed by atoms with Crippen LogP contribution in [-0.4, -0.2) is 9.97 Å². The van der Waals surface area contributed by atoms with Gasteiger partial charge in [-0.1, -0.05) is 42.5 Å². The zero-order chi connectivity index (χ0) is 13.9. The molecule has 1 heterocycles. The highest BCUT2D eigenvalue weighted by molar-refractivity contribution is 6.28. The van der Waals surface area contributed by atoms with Crippen LogP contribution in [0.2, 0.25) is 5.28 Å². The van der Waals surface area contributed by atoms with Gasteiger partial charge in [0, 0.05) is 11.9 Å². The predicted octanol–water partition coefficient (Wildman–Crippen LogP) is 4.20. The Morgan fingerprint density at radius 2 is 1.80 bits per heavy atom. The largest absolute Gasteiger partial charge is 0.365 e. The van der Waals surface area contributed by atoms with Gasteiger partial charge in [-0.25, -0.2) is 9.97 Å². The van der Waals surface area contributed by atoms with Crippen LogP contribution in [0.4, 0.5) is 5.82 Å². The first-order valence-corrected chi connectivity index (χ1v) is 6.82. The number of rotatable bonds is 3. The van der Waals surface area contributed by atoms with Crippen molar-refractivity contribution in [3.63, 3.8) is 0 Å². The van der Waals surface area contributed by atoms with Crippen molar-refractivity contribution in [1.82, 2.24) is 9.97 Å². The molecule has 0 aliphatic rings. The third-order valence-corrected chi connectivity index (χ3v) is 3.37. The van der Waals surface area contributed by atoms with Crippen molar-refractivity contribution in [2.24, 2.45) is 0 Å². The number of hydrogen-bond donors (Lipinski definition) is 1. The summed E-state index contributed by atoms with van der Waals surface area (Å²) in [5.41, 5.74) is 3.18. The molecule has 0 spiro atoms. The Kier molecular flexibility index (Phi) is 3.52. The van der Waals surface area contributed by atoms with Gasteiger partial charge in [0.05, 0.1) is 5.52 Å². The molecule has 3 rings (SSSR count). The van der Waals surface area contributed by atoms with Gasteiger partial charge in [0.2, 0.25) is 5.28 Å². The average molecular weight is 284 g/mol. The van der Waals surface area contributed by atoms with E-state index in [9.17, 15) is 0 Å². The van der Waals surface area contributed by atoms with Crippen LogP contribution in [0.5, 0.6) is 0 Å². The number of hydrogen-bond acceptors (Lipinski definition) is 3. The van der Waals surface area contributed by atoms with Gasteiger partial charge in [0.1, 0.15) is 5.82 Å². The molecule has 0 bridgehead atoms. The molecule has 0 fully saturated rings. The fraction of sp³-hybridized carbons (Fsp3) is 0.125. The SMILES string of the molecule is Cc1cccc2c(NCc3ccccc3)nc(Cl)nc12. The van der Waals surface area contributed by atoms with E-state index >= 15 is 0 Å². The van der Waals surface area contributed by atoms with Crippen molar-refractivity contribution in [3.8, 4) is 0 Å². The van der Waals surface area contributed by atoms with Crippen molar-refractivity contribution in [2.45, 2.75) is 13.5 Å². The molecule has 100 valence electrons. The molecule has 2 aromatic carbocycles. The summed E-state index contributed by atoms with van der Waals surface area (Å²) in [4.78, 5) is 8.61. The molecule has 0 aliphatic carbocycles. The molecule has 0 amide bonds. The summed E-state index contributed by atoms with van der Waals surface area (Å²) in [6.07, 6.45) is 0. The molecule has 20 heavy (non-hydrogen) atoms. The Morgan fingerprint density at radius 3 is 2.60 bits per heavy atom. The lowest BCUT2D eigenvalue weighted by Crippen LogP contribution is -2.03. The smallest absolute Gasteiger partial charge is 0.224 e. The molecule has 0 atom stereocenters. The van der Waals surface area contributed by atoms with Crippen LogP contribution in [0.1, 0.15) is 11.1 Å². The van der Waals surface area contributed by atoms with E-state index in [0.717, 1.165) is 22.3 Å². The lowest BCUT2D eigenvalue weighted by Gasteiger charge is -2.10. The summed E-state index contributed by atoms with van der Waals surface area (Å²) in [5.74, 6) is 0.771. The Labute approximate surface area is 122 Å². The minimum absolute atomic E-state index is 0.266. The van der Waals surface area contributed by atoms with Gasteiger partial charge in [0.15, 0.2) is 0 Å². The maximum Gasteiger partial charge on any atom is 0.224 e. The van der Waals surface area contributed by atoms with Crippen molar-refractivity contribution in [1.29, 1.82) is 0 Å². The van der Waals surface area contributed by atoms with Gasteiger partial charge >= 0.3 is 0 Å². The third-order valence-electron chi connectivity index (χ3n) is 3.20. The van der Waals surface area contributed by atoms with Crippen molar-refractivity contribution < 1.29 is 0 Å². The number of anilines is 1. The minimum atomic E-state index is 0.266. The number of aryl methyl sites for hydroxylation is 1. The fourth-order valence-electron chi connectivity index (χ4n) is 2.18. The molecule has 0 aliphatic heterocycles. The molecular weight excluding hydrogens is 270 g/mol. The monoisotopic (exact) mass is 283 g/mol. The van der Waals surface area contributed by atoms with Gasteiger partial charge in [0.25, 0.3) is 0 Å². The quantitative estimate of drug-likeness (QED) is 0.732. The van der Waals surface area contributed by atoms with Gasteiger partial charge < -0.3 is 5.32 Å². The Balaban J connectivity index is 1.97. The van der Waals surface area contributed by atoms with Crippen molar-refractivity contribution in [2.75, 3.05) is 5.32 Å². The highest BCUT2D eigenvalue weighted by atomic mass is 35.5. The van der Waals surface area contributed by atoms with Crippen LogP contribution in [0.15, 0.2) is 48.5 Å². The highest BCUT2D eigenvalue weighted by Crippen LogP contribution is 2.24. The zero-order valence-corrected chi connectivity index (χ0v) is 11.9. The number of aromatic nitrogens is 2. The molecule has 0 saturated carbocycles. The lowest BCUT2D eigenvalue weighted by molar-refractivity contribution is 1.10. The van der Waals surface area contributed by atoms with E-state index in [-0.39, 0.29) is 5.28 Å². The van der Waals surface area contributed by atoms with E-state index in [1.165, 1.54) is 5.56 Å². The number of para-hydroxylation sites is 1. The standard InChI is InChI=1S/C16H14ClN3/c1-11-6-5-9-13-14(11)19-16(17)20-15(13)18-10-12-7-3-2-4-8-12/h2-9H,10H2,1H3,(H,18,19,20). The second-order valence-corrected chi connectivity index (χ2v) is 4.99. The van der Waals surface area contributed by atoms with E-state index in [1.54, 1.807) is 0 Å². The molecule has 4 heteroatoms. The second-order valence-electron chi connectivity index (χ2n) is 4.65. The third kappa shape index (κ3) is 2.58. The first-order valence-electron chi connectivity index (χ1n) is 6.45. The number of benzene rings is 2. The lowest BCUT2D eigenvalue weighted by atomic mass is 10.1. The van der Waals surface area contributed by atoms with Crippen LogP contribution in [0.3, 0.4) is 0 Å². The van der Waals surface area contributed by atoms with Crippen LogP contribution in [0.25, 0.3) is 10.9 Å². The van der Waals surface area contributed by atoms with Crippen LogP contribution < -0.4 is 5.32 Å². The van der Waals surface area contributed by atoms with E-state index in [4.69, 9.17) is 11.6 Å². The van der Waals surface area contributed by atoms with Crippen molar-refractivity contribution >= 4 is 28.3 Å². The molecule has 0 unspecified atom stereocenters. The summed E-state index contributed by atoms with van der Waals surface area (Å²) in [6, 6.07) is 16.2. The minimum Gasteiger partial charge on any atom is -0.365 e. The summed E-state index contributed by atoms with van der Waals surface area (Å²) in [5, 5.41) is 4.59. The summed E-state index contributed by atoms with van der Waals surface area (Å²) in [6.45, 7) is 2.73. The molecule has 3 nitrogen and oxygen atoms in total. The molecule has 0 saturated heterocycles. The normalized spacial score (nSPS) is 10.7. The van der Waals surface area contributed by atoms with E-state index in [0.29, 0.717) is 6.54 Å². The first-order chi connectivity index (χ1) is 9.74. The Hall–Kier alpha value is -2.13. The van der Waals surface area contributed by atoms with E-state index in [1.807, 2.05) is 43.3 Å². The maximum atomic E-state index is 6.02. The van der Waals surface area contributed by atoms with Gasteiger partial charge in [-0.2, -0.15) is 0 Å². The van der Waals surface area contributed by atoms with E-state index in [2.05, 4.69) is 27.4 Å². The second kappa shape index (κ2) is 5.47. The Bertz CT molecular complexity index is 741. The topological polar surface area (TPSA) is 37.8 Å². The number of fused-ring (bicyclic) bond motifs is 1. The molecule has 0 radical (unpaired) electrons. The van der Waals surface area contributed by atoms with Crippen molar-refractivity contribution in [3.05, 3.63) is 64.9 Å². The zero-order valence-electron chi connectivity index (χ0n) is 11.1. The first kappa shape index (κ1) is 12.9. The van der Waals surface area contributed by atoms with Crippen LogP contribution >= 0.6 is 11.6 Å². The average Bonchev–Trinajstić information content (AvgIpc) is 2.47. The van der Waals surface area contributed by atoms with Gasteiger partial charge in [-0.3, -0.25) is 0 Å². The van der Waals surface area contributed by atoms with Gasteiger partial charge in [-0.15, -0.1) is 0 Å². The highest BCUT2D eigenvalue weighted by Gasteiger charge is 2.08. The maximum absolute atomic E-state index is 6.02. The summed E-state index contributed by atoms with van der Waals surface area (Å²) >= 11 is 6.02.